The number of carbonyl (C=O) groups is 1. The molecule has 4 aromatic rings. The number of nitrogens with one attached hydrogen (secondary N) is 1. The van der Waals surface area contributed by atoms with E-state index >= 15 is 0 Å². The van der Waals surface area contributed by atoms with E-state index in [1.165, 1.54) is 18.2 Å². The first-order valence-corrected chi connectivity index (χ1v) is 9.90. The lowest BCUT2D eigenvalue weighted by molar-refractivity contribution is -0.136. The minimum atomic E-state index is -4.59. The predicted octanol–water partition coefficient (Wildman–Crippen LogP) is 5.83. The standard InChI is InChI=1S/C22H16F3N3O2S/c1-30-13-6-4-5-12(11-13)16-10-9-14-18(26)19(31-21(14)28-16)20(29)27-17-8-3-2-7-15(17)22(23,24)25/h2-11H,26H2,1H3,(H,27,29). The van der Waals surface area contributed by atoms with E-state index in [2.05, 4.69) is 10.3 Å². The van der Waals surface area contributed by atoms with Gasteiger partial charge in [-0.25, -0.2) is 4.98 Å². The molecular formula is C22H16F3N3O2S. The summed E-state index contributed by atoms with van der Waals surface area (Å²) in [5.74, 6) is -0.0476. The second-order valence-corrected chi connectivity index (χ2v) is 7.62. The number of hydrogen-bond acceptors (Lipinski definition) is 5. The number of aromatic nitrogens is 1. The summed E-state index contributed by atoms with van der Waals surface area (Å²) < 4.78 is 44.9. The first-order valence-electron chi connectivity index (χ1n) is 9.09. The molecule has 2 aromatic carbocycles. The average Bonchev–Trinajstić information content (AvgIpc) is 3.09. The summed E-state index contributed by atoms with van der Waals surface area (Å²) >= 11 is 1.02. The molecule has 0 fully saturated rings. The summed E-state index contributed by atoms with van der Waals surface area (Å²) in [5.41, 5.74) is 6.50. The van der Waals surface area contributed by atoms with Crippen molar-refractivity contribution in [2.24, 2.45) is 0 Å². The fourth-order valence-corrected chi connectivity index (χ4v) is 4.12. The first-order chi connectivity index (χ1) is 14.8. The van der Waals surface area contributed by atoms with Crippen LogP contribution in [0.25, 0.3) is 21.5 Å². The SMILES string of the molecule is COc1cccc(-c2ccc3c(N)c(C(=O)Nc4ccccc4C(F)(F)F)sc3n2)c1. The number of rotatable bonds is 4. The number of amides is 1. The molecule has 0 saturated carbocycles. The Morgan fingerprint density at radius 3 is 2.61 bits per heavy atom. The van der Waals surface area contributed by atoms with Gasteiger partial charge < -0.3 is 15.8 Å². The van der Waals surface area contributed by atoms with Gasteiger partial charge in [-0.05, 0) is 36.4 Å². The highest BCUT2D eigenvalue weighted by Crippen LogP contribution is 2.37. The Bertz CT molecular complexity index is 1280. The zero-order valence-corrected chi connectivity index (χ0v) is 17.0. The first kappa shape index (κ1) is 20.7. The van der Waals surface area contributed by atoms with E-state index in [0.29, 0.717) is 21.7 Å². The van der Waals surface area contributed by atoms with E-state index in [-0.39, 0.29) is 16.3 Å². The Labute approximate surface area is 179 Å². The lowest BCUT2D eigenvalue weighted by Crippen LogP contribution is -2.16. The summed E-state index contributed by atoms with van der Waals surface area (Å²) in [6.45, 7) is 0. The Hall–Kier alpha value is -3.59. The summed E-state index contributed by atoms with van der Waals surface area (Å²) in [4.78, 5) is 17.9. The van der Waals surface area contributed by atoms with Crippen LogP contribution in [-0.4, -0.2) is 18.0 Å². The summed E-state index contributed by atoms with van der Waals surface area (Å²) in [6, 6.07) is 15.6. The van der Waals surface area contributed by atoms with Crippen molar-refractivity contribution in [2.45, 2.75) is 6.18 Å². The van der Waals surface area contributed by atoms with Crippen molar-refractivity contribution in [1.29, 1.82) is 0 Å². The van der Waals surface area contributed by atoms with Crippen molar-refractivity contribution in [3.63, 3.8) is 0 Å². The van der Waals surface area contributed by atoms with Crippen molar-refractivity contribution in [1.82, 2.24) is 4.98 Å². The molecule has 0 aliphatic heterocycles. The van der Waals surface area contributed by atoms with E-state index in [1.807, 2.05) is 24.3 Å². The van der Waals surface area contributed by atoms with Crippen LogP contribution in [0.1, 0.15) is 15.2 Å². The maximum absolute atomic E-state index is 13.2. The Kier molecular flexibility index (Phi) is 5.28. The van der Waals surface area contributed by atoms with Crippen molar-refractivity contribution < 1.29 is 22.7 Å². The van der Waals surface area contributed by atoms with Gasteiger partial charge in [-0.2, -0.15) is 13.2 Å². The molecule has 3 N–H and O–H groups in total. The quantitative estimate of drug-likeness (QED) is 0.416. The second-order valence-electron chi connectivity index (χ2n) is 6.62. The molecule has 2 heterocycles. The van der Waals surface area contributed by atoms with Crippen LogP contribution in [0.15, 0.2) is 60.7 Å². The van der Waals surface area contributed by atoms with E-state index in [9.17, 15) is 18.0 Å². The van der Waals surface area contributed by atoms with Crippen LogP contribution < -0.4 is 15.8 Å². The molecule has 0 atom stereocenters. The largest absolute Gasteiger partial charge is 0.497 e. The van der Waals surface area contributed by atoms with Gasteiger partial charge in [-0.3, -0.25) is 4.79 Å². The van der Waals surface area contributed by atoms with E-state index < -0.39 is 17.6 Å². The van der Waals surface area contributed by atoms with Gasteiger partial charge in [0.2, 0.25) is 0 Å². The summed E-state index contributed by atoms with van der Waals surface area (Å²) in [7, 11) is 1.57. The minimum absolute atomic E-state index is 0.0993. The zero-order valence-electron chi connectivity index (χ0n) is 16.2. The number of carbonyl (C=O) groups excluding carboxylic acids is 1. The molecule has 0 radical (unpaired) electrons. The average molecular weight is 443 g/mol. The third kappa shape index (κ3) is 4.04. The third-order valence-electron chi connectivity index (χ3n) is 4.65. The van der Waals surface area contributed by atoms with Gasteiger partial charge in [0.15, 0.2) is 0 Å². The monoisotopic (exact) mass is 443 g/mol. The van der Waals surface area contributed by atoms with Crippen molar-refractivity contribution in [2.75, 3.05) is 18.2 Å². The van der Waals surface area contributed by atoms with Gasteiger partial charge in [0.05, 0.1) is 29.7 Å². The number of alkyl halides is 3. The topological polar surface area (TPSA) is 77.2 Å². The molecule has 4 rings (SSSR count). The van der Waals surface area contributed by atoms with Crippen LogP contribution >= 0.6 is 11.3 Å². The van der Waals surface area contributed by atoms with Crippen LogP contribution in [0, 0.1) is 0 Å². The normalized spacial score (nSPS) is 11.5. The number of pyridine rings is 1. The number of nitrogens with zero attached hydrogens (tertiary/aromatic N) is 1. The lowest BCUT2D eigenvalue weighted by atomic mass is 10.1. The highest BCUT2D eigenvalue weighted by Gasteiger charge is 2.34. The number of hydrogen-bond donors (Lipinski definition) is 2. The van der Waals surface area contributed by atoms with Gasteiger partial charge >= 0.3 is 6.18 Å². The number of benzene rings is 2. The maximum atomic E-state index is 13.2. The highest BCUT2D eigenvalue weighted by molar-refractivity contribution is 7.21. The molecule has 0 bridgehead atoms. The molecule has 0 aliphatic carbocycles. The fraction of sp³-hybridized carbons (Fsp3) is 0.0909. The summed E-state index contributed by atoms with van der Waals surface area (Å²) in [5, 5.41) is 2.88. The van der Waals surface area contributed by atoms with Crippen LogP contribution in [0.4, 0.5) is 24.5 Å². The number of thiophene rings is 1. The number of methoxy groups -OCH3 is 1. The molecule has 0 saturated heterocycles. The van der Waals surface area contributed by atoms with Crippen LogP contribution in [-0.2, 0) is 6.18 Å². The molecule has 9 heteroatoms. The number of fused-ring (bicyclic) bond motifs is 1. The molecule has 158 valence electrons. The number of para-hydroxylation sites is 1. The second kappa shape index (κ2) is 7.92. The molecule has 31 heavy (non-hydrogen) atoms. The third-order valence-corrected chi connectivity index (χ3v) is 5.76. The van der Waals surface area contributed by atoms with Gasteiger partial charge in [-0.15, -0.1) is 11.3 Å². The Morgan fingerprint density at radius 2 is 1.87 bits per heavy atom. The fourth-order valence-electron chi connectivity index (χ4n) is 3.13. The van der Waals surface area contributed by atoms with Crippen LogP contribution in [0.5, 0.6) is 5.75 Å². The predicted molar refractivity (Wildman–Crippen MR) is 115 cm³/mol. The molecule has 2 aromatic heterocycles. The minimum Gasteiger partial charge on any atom is -0.497 e. The van der Waals surface area contributed by atoms with E-state index in [1.54, 1.807) is 19.2 Å². The van der Waals surface area contributed by atoms with Crippen molar-refractivity contribution in [3.05, 3.63) is 71.1 Å². The smallest absolute Gasteiger partial charge is 0.418 e. The molecule has 1 amide bonds. The van der Waals surface area contributed by atoms with Gasteiger partial charge in [-0.1, -0.05) is 24.3 Å². The molecule has 0 unspecified atom stereocenters. The highest BCUT2D eigenvalue weighted by atomic mass is 32.1. The Balaban J connectivity index is 1.69. The molecule has 5 nitrogen and oxygen atoms in total. The summed E-state index contributed by atoms with van der Waals surface area (Å²) in [6.07, 6.45) is -4.59. The van der Waals surface area contributed by atoms with Gasteiger partial charge in [0, 0.05) is 10.9 Å². The maximum Gasteiger partial charge on any atom is 0.418 e. The number of halogens is 3. The van der Waals surface area contributed by atoms with Crippen LogP contribution in [0.3, 0.4) is 0 Å². The molecule has 0 spiro atoms. The van der Waals surface area contributed by atoms with Crippen molar-refractivity contribution in [3.8, 4) is 17.0 Å². The number of ether oxygens (including phenoxy) is 1. The molecule has 0 aliphatic rings. The number of nitrogens with two attached hydrogens (primary N) is 1. The van der Waals surface area contributed by atoms with Crippen molar-refractivity contribution >= 4 is 38.8 Å². The van der Waals surface area contributed by atoms with Gasteiger partial charge in [0.1, 0.15) is 15.5 Å². The molecular weight excluding hydrogens is 427 g/mol. The lowest BCUT2D eigenvalue weighted by Gasteiger charge is -2.13. The van der Waals surface area contributed by atoms with Crippen LogP contribution in [0.2, 0.25) is 0 Å². The van der Waals surface area contributed by atoms with E-state index in [4.69, 9.17) is 10.5 Å². The number of nitrogen functional groups attached to an aromatic ring is 1. The zero-order chi connectivity index (χ0) is 22.2. The van der Waals surface area contributed by atoms with Gasteiger partial charge in [0.25, 0.3) is 5.91 Å². The Morgan fingerprint density at radius 1 is 1.10 bits per heavy atom. The number of anilines is 2. The van der Waals surface area contributed by atoms with E-state index in [0.717, 1.165) is 23.0 Å².